The van der Waals surface area contributed by atoms with Crippen molar-refractivity contribution in [3.8, 4) is 0 Å². The number of nitrogens with one attached hydrogen (secondary N) is 3. The van der Waals surface area contributed by atoms with E-state index in [4.69, 9.17) is 0 Å². The van der Waals surface area contributed by atoms with Crippen LogP contribution >= 0.6 is 11.3 Å². The van der Waals surface area contributed by atoms with Crippen LogP contribution in [0, 0.1) is 0 Å². The van der Waals surface area contributed by atoms with Gasteiger partial charge in [0.15, 0.2) is 0 Å². The van der Waals surface area contributed by atoms with Gasteiger partial charge in [0, 0.05) is 24.8 Å². The maximum Gasteiger partial charge on any atom is 0.250 e. The van der Waals surface area contributed by atoms with Crippen molar-refractivity contribution in [1.82, 2.24) is 20.2 Å². The highest BCUT2D eigenvalue weighted by Gasteiger charge is 2.16. The average molecular weight is 286 g/mol. The first kappa shape index (κ1) is 13.2. The number of thiophene rings is 1. The van der Waals surface area contributed by atoms with E-state index in [1.54, 1.807) is 18.5 Å². The summed E-state index contributed by atoms with van der Waals surface area (Å²) in [4.78, 5) is 0. The molecule has 0 aliphatic carbocycles. The highest BCUT2D eigenvalue weighted by molar-refractivity contribution is 7.91. The van der Waals surface area contributed by atoms with Crippen molar-refractivity contribution in [2.45, 2.75) is 17.3 Å². The van der Waals surface area contributed by atoms with Gasteiger partial charge in [0.1, 0.15) is 4.21 Å². The van der Waals surface area contributed by atoms with E-state index in [2.05, 4.69) is 20.2 Å². The SMILES string of the molecule is CNCc1csc(S(=O)(=O)NCc2cn[nH]c2)c1. The van der Waals surface area contributed by atoms with Crippen LogP contribution in [0.5, 0.6) is 0 Å². The second kappa shape index (κ2) is 5.61. The molecule has 0 fully saturated rings. The molecule has 3 N–H and O–H groups in total. The van der Waals surface area contributed by atoms with Gasteiger partial charge in [-0.3, -0.25) is 5.10 Å². The molecule has 18 heavy (non-hydrogen) atoms. The molecular weight excluding hydrogens is 272 g/mol. The summed E-state index contributed by atoms with van der Waals surface area (Å²) in [5.41, 5.74) is 1.76. The molecule has 0 bridgehead atoms. The predicted molar refractivity (Wildman–Crippen MR) is 69.7 cm³/mol. The Morgan fingerprint density at radius 1 is 1.39 bits per heavy atom. The summed E-state index contributed by atoms with van der Waals surface area (Å²) in [6.45, 7) is 0.895. The number of hydrogen-bond donors (Lipinski definition) is 3. The third kappa shape index (κ3) is 3.16. The summed E-state index contributed by atoms with van der Waals surface area (Å²) in [5.74, 6) is 0. The first-order valence-electron chi connectivity index (χ1n) is 5.31. The summed E-state index contributed by atoms with van der Waals surface area (Å²) in [6, 6.07) is 1.68. The average Bonchev–Trinajstić information content (AvgIpc) is 2.98. The third-order valence-electron chi connectivity index (χ3n) is 2.30. The standard InChI is InChI=1S/C10H14N4O2S2/c1-11-3-8-2-10(17-7-8)18(15,16)14-6-9-4-12-13-5-9/h2,4-5,7,11,14H,3,6H2,1H3,(H,12,13). The highest BCUT2D eigenvalue weighted by atomic mass is 32.2. The number of aromatic amines is 1. The van der Waals surface area contributed by atoms with E-state index in [9.17, 15) is 8.42 Å². The number of rotatable bonds is 6. The Bertz CT molecular complexity index is 589. The monoisotopic (exact) mass is 286 g/mol. The summed E-state index contributed by atoms with van der Waals surface area (Å²) >= 11 is 1.22. The molecular formula is C10H14N4O2S2. The third-order valence-corrected chi connectivity index (χ3v) is 5.19. The Labute approximate surface area is 109 Å². The first-order chi connectivity index (χ1) is 8.62. The zero-order valence-electron chi connectivity index (χ0n) is 9.80. The molecule has 98 valence electrons. The molecule has 2 rings (SSSR count). The first-order valence-corrected chi connectivity index (χ1v) is 7.67. The largest absolute Gasteiger partial charge is 0.316 e. The molecule has 0 aliphatic rings. The van der Waals surface area contributed by atoms with Crippen LogP contribution in [0.4, 0.5) is 0 Å². The molecule has 0 radical (unpaired) electrons. The topological polar surface area (TPSA) is 86.9 Å². The smallest absolute Gasteiger partial charge is 0.250 e. The second-order valence-corrected chi connectivity index (χ2v) is 6.64. The Morgan fingerprint density at radius 2 is 2.22 bits per heavy atom. The van der Waals surface area contributed by atoms with Crippen LogP contribution in [-0.2, 0) is 23.1 Å². The quantitative estimate of drug-likeness (QED) is 0.728. The van der Waals surface area contributed by atoms with Gasteiger partial charge in [0.05, 0.1) is 6.20 Å². The minimum atomic E-state index is -3.43. The maximum absolute atomic E-state index is 12.0. The van der Waals surface area contributed by atoms with Gasteiger partial charge in [-0.2, -0.15) is 5.10 Å². The number of H-pyrrole nitrogens is 1. The lowest BCUT2D eigenvalue weighted by Crippen LogP contribution is -2.22. The summed E-state index contributed by atoms with van der Waals surface area (Å²) in [5, 5.41) is 11.2. The van der Waals surface area contributed by atoms with Crippen LogP contribution < -0.4 is 10.0 Å². The van der Waals surface area contributed by atoms with E-state index < -0.39 is 10.0 Å². The van der Waals surface area contributed by atoms with Gasteiger partial charge in [-0.25, -0.2) is 13.1 Å². The summed E-state index contributed by atoms with van der Waals surface area (Å²) in [6.07, 6.45) is 3.24. The molecule has 0 saturated carbocycles. The van der Waals surface area contributed by atoms with E-state index in [1.807, 2.05) is 12.4 Å². The summed E-state index contributed by atoms with van der Waals surface area (Å²) < 4.78 is 26.9. The van der Waals surface area contributed by atoms with Gasteiger partial charge in [0.25, 0.3) is 0 Å². The van der Waals surface area contributed by atoms with Crippen molar-refractivity contribution in [3.05, 3.63) is 35.0 Å². The molecule has 8 heteroatoms. The van der Waals surface area contributed by atoms with Crippen molar-refractivity contribution in [2.75, 3.05) is 7.05 Å². The maximum atomic E-state index is 12.0. The Balaban J connectivity index is 2.05. The van der Waals surface area contributed by atoms with Crippen LogP contribution in [0.15, 0.2) is 28.0 Å². The highest BCUT2D eigenvalue weighted by Crippen LogP contribution is 2.20. The zero-order valence-corrected chi connectivity index (χ0v) is 11.4. The van der Waals surface area contributed by atoms with E-state index in [0.717, 1.165) is 11.1 Å². The minimum absolute atomic E-state index is 0.234. The van der Waals surface area contributed by atoms with E-state index in [1.165, 1.54) is 11.3 Å². The molecule has 0 saturated heterocycles. The molecule has 2 heterocycles. The molecule has 6 nitrogen and oxygen atoms in total. The predicted octanol–water partition coefficient (Wildman–Crippen LogP) is 0.669. The molecule has 0 aliphatic heterocycles. The lowest BCUT2D eigenvalue weighted by atomic mass is 10.3. The number of sulfonamides is 1. The fourth-order valence-electron chi connectivity index (χ4n) is 1.41. The van der Waals surface area contributed by atoms with Crippen molar-refractivity contribution in [2.24, 2.45) is 0 Å². The Hall–Kier alpha value is -1.22. The van der Waals surface area contributed by atoms with Crippen molar-refractivity contribution in [3.63, 3.8) is 0 Å². The molecule has 2 aromatic heterocycles. The van der Waals surface area contributed by atoms with Crippen LogP contribution in [0.25, 0.3) is 0 Å². The van der Waals surface area contributed by atoms with Crippen LogP contribution in [0.2, 0.25) is 0 Å². The van der Waals surface area contributed by atoms with Gasteiger partial charge < -0.3 is 5.32 Å². The molecule has 0 unspecified atom stereocenters. The van der Waals surface area contributed by atoms with Gasteiger partial charge in [-0.05, 0) is 24.1 Å². The van der Waals surface area contributed by atoms with E-state index in [-0.39, 0.29) is 6.54 Å². The Kier molecular flexibility index (Phi) is 4.12. The zero-order chi connectivity index (χ0) is 13.0. The molecule has 0 atom stereocenters. The van der Waals surface area contributed by atoms with Crippen molar-refractivity contribution < 1.29 is 8.42 Å². The number of aromatic nitrogens is 2. The van der Waals surface area contributed by atoms with Gasteiger partial charge >= 0.3 is 0 Å². The minimum Gasteiger partial charge on any atom is -0.316 e. The fraction of sp³-hybridized carbons (Fsp3) is 0.300. The van der Waals surface area contributed by atoms with Crippen LogP contribution in [0.1, 0.15) is 11.1 Å². The molecule has 0 aromatic carbocycles. The van der Waals surface area contributed by atoms with Crippen molar-refractivity contribution >= 4 is 21.4 Å². The number of nitrogens with zero attached hydrogens (tertiary/aromatic N) is 1. The van der Waals surface area contributed by atoms with Gasteiger partial charge in [-0.15, -0.1) is 11.3 Å². The summed E-state index contributed by atoms with van der Waals surface area (Å²) in [7, 11) is -1.61. The molecule has 2 aromatic rings. The van der Waals surface area contributed by atoms with E-state index >= 15 is 0 Å². The fourth-order valence-corrected chi connectivity index (χ4v) is 3.69. The Morgan fingerprint density at radius 3 is 2.89 bits per heavy atom. The van der Waals surface area contributed by atoms with Crippen molar-refractivity contribution in [1.29, 1.82) is 0 Å². The lowest BCUT2D eigenvalue weighted by molar-refractivity contribution is 0.583. The van der Waals surface area contributed by atoms with Crippen LogP contribution in [-0.4, -0.2) is 25.7 Å². The second-order valence-electron chi connectivity index (χ2n) is 3.74. The van der Waals surface area contributed by atoms with Gasteiger partial charge in [0.2, 0.25) is 10.0 Å². The normalized spacial score (nSPS) is 11.8. The molecule has 0 spiro atoms. The van der Waals surface area contributed by atoms with Gasteiger partial charge in [-0.1, -0.05) is 0 Å². The lowest BCUT2D eigenvalue weighted by Gasteiger charge is -2.02. The van der Waals surface area contributed by atoms with Crippen LogP contribution in [0.3, 0.4) is 0 Å². The number of hydrogen-bond acceptors (Lipinski definition) is 5. The van der Waals surface area contributed by atoms with E-state index in [0.29, 0.717) is 10.8 Å². The molecule has 0 amide bonds.